The maximum Gasteiger partial charge on any atom is 0.193 e. The van der Waals surface area contributed by atoms with Crippen LogP contribution in [0.25, 0.3) is 0 Å². The van der Waals surface area contributed by atoms with Gasteiger partial charge in [-0.2, -0.15) is 11.8 Å². The summed E-state index contributed by atoms with van der Waals surface area (Å²) in [4.78, 5) is 9.17. The molecular weight excluding hydrogens is 483 g/mol. The maximum absolute atomic E-state index is 11.5. The van der Waals surface area contributed by atoms with Crippen LogP contribution in [-0.2, 0) is 9.84 Å². The topological polar surface area (TPSA) is 65.0 Å². The summed E-state index contributed by atoms with van der Waals surface area (Å²) < 4.78 is 23.5. The van der Waals surface area contributed by atoms with Crippen LogP contribution in [0.15, 0.2) is 4.99 Å². The monoisotopic (exact) mass is 516 g/mol. The van der Waals surface area contributed by atoms with Crippen LogP contribution in [0.4, 0.5) is 0 Å². The van der Waals surface area contributed by atoms with Crippen LogP contribution >= 0.6 is 35.7 Å². The lowest BCUT2D eigenvalue weighted by molar-refractivity contribution is 0.283. The first-order chi connectivity index (χ1) is 12.0. The zero-order valence-corrected chi connectivity index (χ0v) is 19.7. The molecule has 6 nitrogen and oxygen atoms in total. The Morgan fingerprint density at radius 3 is 2.50 bits per heavy atom. The molecule has 1 aliphatic carbocycles. The standard InChI is InChI=1S/C17H32N4O2S2.HI/c1-18-16(19-7-8-20-10-13-25(22,23)14-11-20)21-9-12-24-17(15-21)5-3-2-4-6-17;/h2-15H2,1H3,(H,18,19);1H. The summed E-state index contributed by atoms with van der Waals surface area (Å²) in [5.41, 5.74) is 0. The number of halogens is 1. The molecular formula is C17H33IN4O2S2. The predicted molar refractivity (Wildman–Crippen MR) is 122 cm³/mol. The van der Waals surface area contributed by atoms with Crippen LogP contribution in [-0.4, -0.2) is 92.5 Å². The quantitative estimate of drug-likeness (QED) is 0.350. The Morgan fingerprint density at radius 2 is 1.85 bits per heavy atom. The molecule has 1 spiro atoms. The highest BCUT2D eigenvalue weighted by molar-refractivity contribution is 14.0. The molecule has 26 heavy (non-hydrogen) atoms. The number of nitrogens with one attached hydrogen (secondary N) is 1. The number of hydrogen-bond acceptors (Lipinski definition) is 5. The van der Waals surface area contributed by atoms with Crippen LogP contribution < -0.4 is 5.32 Å². The maximum atomic E-state index is 11.5. The van der Waals surface area contributed by atoms with Crippen molar-refractivity contribution in [2.45, 2.75) is 36.9 Å². The average molecular weight is 517 g/mol. The van der Waals surface area contributed by atoms with Crippen LogP contribution in [0.1, 0.15) is 32.1 Å². The lowest BCUT2D eigenvalue weighted by Gasteiger charge is -2.45. The molecule has 9 heteroatoms. The second-order valence-electron chi connectivity index (χ2n) is 7.48. The molecule has 3 aliphatic rings. The van der Waals surface area contributed by atoms with Crippen molar-refractivity contribution in [2.24, 2.45) is 4.99 Å². The summed E-state index contributed by atoms with van der Waals surface area (Å²) in [5.74, 6) is 2.79. The van der Waals surface area contributed by atoms with E-state index in [1.54, 1.807) is 0 Å². The van der Waals surface area contributed by atoms with Crippen molar-refractivity contribution < 1.29 is 8.42 Å². The number of rotatable bonds is 3. The number of aliphatic imine (C=N–C) groups is 1. The summed E-state index contributed by atoms with van der Waals surface area (Å²) in [6.07, 6.45) is 6.80. The summed E-state index contributed by atoms with van der Waals surface area (Å²) in [6, 6.07) is 0. The van der Waals surface area contributed by atoms with Gasteiger partial charge in [-0.1, -0.05) is 19.3 Å². The van der Waals surface area contributed by atoms with Gasteiger partial charge in [-0.25, -0.2) is 8.42 Å². The highest BCUT2D eigenvalue weighted by atomic mass is 127. The molecule has 2 heterocycles. The van der Waals surface area contributed by atoms with E-state index in [-0.39, 0.29) is 24.0 Å². The SMILES string of the molecule is CN=C(NCCN1CCS(=O)(=O)CC1)N1CCSC2(CCCCC2)C1.I. The largest absolute Gasteiger partial charge is 0.355 e. The number of sulfone groups is 1. The van der Waals surface area contributed by atoms with Gasteiger partial charge in [0.25, 0.3) is 0 Å². The number of hydrogen-bond donors (Lipinski definition) is 1. The Morgan fingerprint density at radius 1 is 1.15 bits per heavy atom. The second-order valence-corrected chi connectivity index (χ2v) is 11.3. The van der Waals surface area contributed by atoms with Crippen molar-refractivity contribution in [3.8, 4) is 0 Å². The van der Waals surface area contributed by atoms with Gasteiger partial charge in [-0.15, -0.1) is 24.0 Å². The smallest absolute Gasteiger partial charge is 0.193 e. The number of guanidine groups is 1. The van der Waals surface area contributed by atoms with E-state index in [1.807, 2.05) is 7.05 Å². The van der Waals surface area contributed by atoms with E-state index in [1.165, 1.54) is 37.9 Å². The third-order valence-electron chi connectivity index (χ3n) is 5.67. The van der Waals surface area contributed by atoms with Gasteiger partial charge >= 0.3 is 0 Å². The number of nitrogens with zero attached hydrogens (tertiary/aromatic N) is 3. The fourth-order valence-corrected chi connectivity index (χ4v) is 7.00. The Hall–Kier alpha value is 0.260. The van der Waals surface area contributed by atoms with Gasteiger partial charge in [0.1, 0.15) is 0 Å². The zero-order valence-electron chi connectivity index (χ0n) is 15.8. The summed E-state index contributed by atoms with van der Waals surface area (Å²) in [7, 11) is -0.925. The highest BCUT2D eigenvalue weighted by Gasteiger charge is 2.38. The lowest BCUT2D eigenvalue weighted by Crippen LogP contribution is -2.54. The Balaban J connectivity index is 0.00000243. The van der Waals surface area contributed by atoms with Crippen molar-refractivity contribution in [2.75, 3.05) is 63.6 Å². The van der Waals surface area contributed by atoms with E-state index in [0.29, 0.717) is 29.3 Å². The molecule has 0 aromatic rings. The van der Waals surface area contributed by atoms with Crippen LogP contribution in [0, 0.1) is 0 Å². The van der Waals surface area contributed by atoms with E-state index in [2.05, 4.69) is 31.9 Å². The molecule has 0 aromatic heterocycles. The van der Waals surface area contributed by atoms with Crippen LogP contribution in [0.2, 0.25) is 0 Å². The summed E-state index contributed by atoms with van der Waals surface area (Å²) in [5, 5.41) is 3.50. The number of thioether (sulfide) groups is 1. The first-order valence-electron chi connectivity index (χ1n) is 9.54. The molecule has 2 aliphatic heterocycles. The fraction of sp³-hybridized carbons (Fsp3) is 0.941. The van der Waals surface area contributed by atoms with Gasteiger partial charge in [-0.3, -0.25) is 9.89 Å². The first kappa shape index (κ1) is 22.5. The van der Waals surface area contributed by atoms with Crippen LogP contribution in [0.3, 0.4) is 0 Å². The molecule has 0 atom stereocenters. The van der Waals surface area contributed by atoms with Crippen molar-refractivity contribution in [1.29, 1.82) is 0 Å². The normalized spacial score (nSPS) is 26.3. The van der Waals surface area contributed by atoms with Gasteiger partial charge in [0, 0.05) is 56.8 Å². The third-order valence-corrected chi connectivity index (χ3v) is 8.82. The molecule has 1 saturated carbocycles. The molecule has 0 bridgehead atoms. The van der Waals surface area contributed by atoms with Gasteiger partial charge in [0.05, 0.1) is 11.5 Å². The minimum Gasteiger partial charge on any atom is -0.355 e. The summed E-state index contributed by atoms with van der Waals surface area (Å²) >= 11 is 2.17. The van der Waals surface area contributed by atoms with E-state index in [0.717, 1.165) is 32.1 Å². The van der Waals surface area contributed by atoms with E-state index >= 15 is 0 Å². The van der Waals surface area contributed by atoms with Crippen LogP contribution in [0.5, 0.6) is 0 Å². The Kier molecular flexibility index (Phi) is 8.81. The molecule has 0 unspecified atom stereocenters. The minimum atomic E-state index is -2.79. The Bertz CT molecular complexity index is 560. The summed E-state index contributed by atoms with van der Waals surface area (Å²) in [6.45, 7) is 5.19. The van der Waals surface area contributed by atoms with E-state index in [4.69, 9.17) is 0 Å². The van der Waals surface area contributed by atoms with Gasteiger partial charge in [0.2, 0.25) is 0 Å². The van der Waals surface area contributed by atoms with Crippen molar-refractivity contribution >= 4 is 51.5 Å². The second kappa shape index (κ2) is 10.2. The average Bonchev–Trinajstić information content (AvgIpc) is 2.61. The van der Waals surface area contributed by atoms with Gasteiger partial charge < -0.3 is 10.2 Å². The van der Waals surface area contributed by atoms with Gasteiger partial charge in [0.15, 0.2) is 15.8 Å². The molecule has 152 valence electrons. The zero-order chi connectivity index (χ0) is 17.8. The molecule has 1 N–H and O–H groups in total. The van der Waals surface area contributed by atoms with Crippen molar-refractivity contribution in [3.63, 3.8) is 0 Å². The Labute approximate surface area is 179 Å². The minimum absolute atomic E-state index is 0. The van der Waals surface area contributed by atoms with E-state index < -0.39 is 9.84 Å². The van der Waals surface area contributed by atoms with Crippen molar-refractivity contribution in [1.82, 2.24) is 15.1 Å². The molecule has 0 aromatic carbocycles. The van der Waals surface area contributed by atoms with Crippen molar-refractivity contribution in [3.05, 3.63) is 0 Å². The molecule has 3 rings (SSSR count). The highest BCUT2D eigenvalue weighted by Crippen LogP contribution is 2.42. The van der Waals surface area contributed by atoms with Gasteiger partial charge in [-0.05, 0) is 12.8 Å². The molecule has 0 radical (unpaired) electrons. The molecule has 3 fully saturated rings. The lowest BCUT2D eigenvalue weighted by atomic mass is 9.87. The fourth-order valence-electron chi connectivity index (χ4n) is 4.16. The first-order valence-corrected chi connectivity index (χ1v) is 12.4. The third kappa shape index (κ3) is 6.13. The van der Waals surface area contributed by atoms with E-state index in [9.17, 15) is 8.42 Å². The molecule has 2 saturated heterocycles. The predicted octanol–water partition coefficient (Wildman–Crippen LogP) is 1.66. The molecule has 0 amide bonds.